The lowest BCUT2D eigenvalue weighted by Gasteiger charge is -2.22. The van der Waals surface area contributed by atoms with E-state index in [0.29, 0.717) is 71.6 Å². The number of halogens is 1. The second-order valence-corrected chi connectivity index (χ2v) is 14.0. The molecule has 1 unspecified atom stereocenters. The van der Waals surface area contributed by atoms with Gasteiger partial charge in [-0.05, 0) is 95.7 Å². The Morgan fingerprint density at radius 2 is 2.00 bits per heavy atom. The largest absolute Gasteiger partial charge is 0.491 e. The summed E-state index contributed by atoms with van der Waals surface area (Å²) >= 11 is 2.57. The molecule has 0 aliphatic heterocycles. The first-order chi connectivity index (χ1) is 24.4. The number of carbonyl (C=O) groups is 1. The normalized spacial score (nSPS) is 12.5. The Bertz CT molecular complexity index is 1910. The summed E-state index contributed by atoms with van der Waals surface area (Å²) < 4.78 is 21.2. The predicted molar refractivity (Wildman–Crippen MR) is 204 cm³/mol. The number of amidine groups is 2. The summed E-state index contributed by atoms with van der Waals surface area (Å²) in [7, 11) is 5.53. The Hall–Kier alpha value is -4.72. The van der Waals surface area contributed by atoms with Crippen molar-refractivity contribution in [2.45, 2.75) is 38.7 Å². The van der Waals surface area contributed by atoms with Gasteiger partial charge in [0.25, 0.3) is 0 Å². The molecule has 4 rings (SSSR count). The van der Waals surface area contributed by atoms with E-state index >= 15 is 0 Å². The second-order valence-electron chi connectivity index (χ2n) is 11.9. The molecule has 0 saturated heterocycles. The number of carboxylic acids is 1. The summed E-state index contributed by atoms with van der Waals surface area (Å²) in [6.07, 6.45) is 2.68. The van der Waals surface area contributed by atoms with Gasteiger partial charge in [-0.1, -0.05) is 35.3 Å². The standard InChI is InChI=1S/C36H43FN8O4S2/c1-23(33(39)43-35-41-27-12-5-6-13-29(27)50-35)20-31(38)45(18-8-11-25(46)22-44(3)4)36-42-32(34(47)48)30(51-36)14-9-19-49-28-16-15-24(21-26(28)37)10-7-17-40-2/h5-6,12-13,15-16,20-21,25,38,40,46H,8-9,11,14,17-19,22H2,1-4H3,(H,47,48)(H2,39,41,43)/b23-20-,38-31?. The van der Waals surface area contributed by atoms with Crippen molar-refractivity contribution in [3.63, 3.8) is 0 Å². The van der Waals surface area contributed by atoms with E-state index in [4.69, 9.17) is 15.9 Å². The monoisotopic (exact) mass is 734 g/mol. The number of aromatic carboxylic acids is 1. The average molecular weight is 735 g/mol. The van der Waals surface area contributed by atoms with Crippen LogP contribution < -0.4 is 20.7 Å². The van der Waals surface area contributed by atoms with E-state index in [0.717, 1.165) is 10.2 Å². The maximum Gasteiger partial charge on any atom is 0.355 e. The van der Waals surface area contributed by atoms with Gasteiger partial charge < -0.3 is 35.8 Å². The van der Waals surface area contributed by atoms with Crippen molar-refractivity contribution in [3.05, 3.63) is 76.1 Å². The molecule has 0 bridgehead atoms. The van der Waals surface area contributed by atoms with Gasteiger partial charge in [-0.25, -0.2) is 24.1 Å². The number of nitrogens with zero attached hydrogens (tertiary/aromatic N) is 5. The Balaban J connectivity index is 1.50. The number of hydrogen-bond donors (Lipinski definition) is 5. The number of benzene rings is 2. The molecule has 0 saturated carbocycles. The number of aromatic nitrogens is 2. The van der Waals surface area contributed by atoms with Crippen molar-refractivity contribution in [2.24, 2.45) is 10.7 Å². The summed E-state index contributed by atoms with van der Waals surface area (Å²) in [5.74, 6) is 4.34. The van der Waals surface area contributed by atoms with E-state index in [1.165, 1.54) is 34.8 Å². The lowest BCUT2D eigenvalue weighted by atomic mass is 10.1. The highest BCUT2D eigenvalue weighted by Crippen LogP contribution is 2.30. The van der Waals surface area contributed by atoms with E-state index in [1.54, 1.807) is 31.0 Å². The van der Waals surface area contributed by atoms with Gasteiger partial charge in [-0.3, -0.25) is 5.41 Å². The molecule has 0 amide bonds. The number of thiazole rings is 2. The Labute approximate surface area is 305 Å². The summed E-state index contributed by atoms with van der Waals surface area (Å²) in [6.45, 7) is 3.16. The predicted octanol–water partition coefficient (Wildman–Crippen LogP) is 5.29. The molecule has 0 radical (unpaired) electrons. The minimum atomic E-state index is -1.19. The number of nitrogens with two attached hydrogens (primary N) is 1. The maximum atomic E-state index is 14.6. The van der Waals surface area contributed by atoms with Gasteiger partial charge in [-0.15, -0.1) is 11.3 Å². The van der Waals surface area contributed by atoms with Crippen LogP contribution in [0.2, 0.25) is 0 Å². The number of likely N-dealkylation sites (N-methyl/N-ethyl adjacent to an activating group) is 1. The molecule has 2 aromatic carbocycles. The first-order valence-corrected chi connectivity index (χ1v) is 17.9. The molecule has 6 N–H and O–H groups in total. The summed E-state index contributed by atoms with van der Waals surface area (Å²) in [5, 5.41) is 33.2. The molecule has 2 heterocycles. The van der Waals surface area contributed by atoms with Gasteiger partial charge in [0.2, 0.25) is 5.13 Å². The number of aliphatic hydroxyl groups is 1. The molecular formula is C36H43FN8O4S2. The molecule has 0 aliphatic rings. The average Bonchev–Trinajstić information content (AvgIpc) is 3.69. The van der Waals surface area contributed by atoms with Crippen LogP contribution >= 0.6 is 22.7 Å². The van der Waals surface area contributed by atoms with Gasteiger partial charge in [0, 0.05) is 23.5 Å². The fourth-order valence-corrected chi connectivity index (χ4v) is 6.89. The number of nitrogens with one attached hydrogen (secondary N) is 2. The Morgan fingerprint density at radius 1 is 1.22 bits per heavy atom. The molecule has 1 atom stereocenters. The quantitative estimate of drug-likeness (QED) is 0.0415. The number of anilines is 1. The van der Waals surface area contributed by atoms with Crippen molar-refractivity contribution in [1.82, 2.24) is 20.2 Å². The molecule has 270 valence electrons. The highest BCUT2D eigenvalue weighted by molar-refractivity contribution is 7.22. The van der Waals surface area contributed by atoms with Crippen LogP contribution in [0.1, 0.15) is 47.1 Å². The zero-order valence-corrected chi connectivity index (χ0v) is 30.7. The third-order valence-electron chi connectivity index (χ3n) is 7.40. The van der Waals surface area contributed by atoms with Crippen LogP contribution in [0.3, 0.4) is 0 Å². The van der Waals surface area contributed by atoms with Crippen molar-refractivity contribution < 1.29 is 24.1 Å². The van der Waals surface area contributed by atoms with Crippen LogP contribution in [-0.4, -0.2) is 96.2 Å². The number of aryl methyl sites for hydroxylation is 1. The second kappa shape index (κ2) is 19.0. The number of hydrogen-bond acceptors (Lipinski definition) is 11. The van der Waals surface area contributed by atoms with E-state index in [1.807, 2.05) is 43.3 Å². The molecule has 51 heavy (non-hydrogen) atoms. The molecule has 0 spiro atoms. The van der Waals surface area contributed by atoms with Gasteiger partial charge >= 0.3 is 5.97 Å². The fraction of sp³-hybridized carbons (Fsp3) is 0.361. The zero-order chi connectivity index (χ0) is 36.9. The van der Waals surface area contributed by atoms with Gasteiger partial charge in [0.15, 0.2) is 22.4 Å². The van der Waals surface area contributed by atoms with E-state index in [9.17, 15) is 19.4 Å². The van der Waals surface area contributed by atoms with Crippen molar-refractivity contribution in [1.29, 1.82) is 5.41 Å². The number of aliphatic hydroxyl groups excluding tert-OH is 1. The van der Waals surface area contributed by atoms with Gasteiger partial charge in [-0.2, -0.15) is 0 Å². The van der Waals surface area contributed by atoms with E-state index in [-0.39, 0.29) is 29.7 Å². The van der Waals surface area contributed by atoms with Crippen LogP contribution in [0.15, 0.2) is 59.1 Å². The van der Waals surface area contributed by atoms with E-state index < -0.39 is 17.9 Å². The lowest BCUT2D eigenvalue weighted by Crippen LogP contribution is -2.32. The molecule has 0 fully saturated rings. The third-order valence-corrected chi connectivity index (χ3v) is 9.47. The van der Waals surface area contributed by atoms with Crippen LogP contribution in [0, 0.1) is 23.1 Å². The minimum absolute atomic E-state index is 0.0344. The first kappa shape index (κ1) is 39.1. The van der Waals surface area contributed by atoms with Gasteiger partial charge in [0.1, 0.15) is 11.7 Å². The topological polar surface area (TPSA) is 173 Å². The summed E-state index contributed by atoms with van der Waals surface area (Å²) in [6, 6.07) is 12.2. The Morgan fingerprint density at radius 3 is 2.71 bits per heavy atom. The SMILES string of the molecule is CNCC#Cc1ccc(OCCCc2sc(N(CCCC(O)CN(C)C)C(=N)/C=C(/C)C(N)=Nc3nc4ccccc4s3)nc2C(=O)O)c(F)c1. The van der Waals surface area contributed by atoms with Crippen LogP contribution in [0.5, 0.6) is 5.75 Å². The minimum Gasteiger partial charge on any atom is -0.491 e. The number of rotatable bonds is 17. The van der Waals surface area contributed by atoms with E-state index in [2.05, 4.69) is 32.1 Å². The first-order valence-electron chi connectivity index (χ1n) is 16.3. The van der Waals surface area contributed by atoms with Crippen molar-refractivity contribution in [3.8, 4) is 17.6 Å². The third kappa shape index (κ3) is 11.7. The highest BCUT2D eigenvalue weighted by Gasteiger charge is 2.23. The van der Waals surface area contributed by atoms with Gasteiger partial charge in [0.05, 0.1) is 29.5 Å². The number of para-hydroxylation sites is 1. The van der Waals surface area contributed by atoms with Crippen molar-refractivity contribution in [2.75, 3.05) is 52.3 Å². The molecule has 15 heteroatoms. The summed E-state index contributed by atoms with van der Waals surface area (Å²) in [5.41, 5.74) is 8.09. The smallest absolute Gasteiger partial charge is 0.355 e. The molecule has 0 aliphatic carbocycles. The molecule has 2 aromatic heterocycles. The summed E-state index contributed by atoms with van der Waals surface area (Å²) in [4.78, 5) is 29.7. The van der Waals surface area contributed by atoms with Crippen LogP contribution in [0.25, 0.3) is 10.2 Å². The maximum absolute atomic E-state index is 14.6. The molecule has 4 aromatic rings. The number of carboxylic acid groups (broad SMARTS) is 1. The molecule has 12 nitrogen and oxygen atoms in total. The fourth-order valence-electron chi connectivity index (χ4n) is 4.91. The Kier molecular flexibility index (Phi) is 14.6. The van der Waals surface area contributed by atoms with Crippen LogP contribution in [0.4, 0.5) is 14.7 Å². The van der Waals surface area contributed by atoms with Crippen molar-refractivity contribution >= 4 is 60.8 Å². The highest BCUT2D eigenvalue weighted by atomic mass is 32.1. The lowest BCUT2D eigenvalue weighted by molar-refractivity contribution is 0.0690. The zero-order valence-electron chi connectivity index (χ0n) is 29.1. The number of ether oxygens (including phenoxy) is 1. The number of aliphatic imine (C=N–C) groups is 1. The van der Waals surface area contributed by atoms with Crippen LogP contribution in [-0.2, 0) is 6.42 Å². The number of fused-ring (bicyclic) bond motifs is 1. The molecular weight excluding hydrogens is 692 g/mol.